The lowest BCUT2D eigenvalue weighted by Gasteiger charge is -2.26. The minimum absolute atomic E-state index is 0.210. The molecule has 1 saturated carbocycles. The van der Waals surface area contributed by atoms with Crippen molar-refractivity contribution >= 4 is 18.0 Å². The number of esters is 1. The molecule has 0 atom stereocenters. The van der Waals surface area contributed by atoms with E-state index in [0.717, 1.165) is 42.9 Å². The van der Waals surface area contributed by atoms with E-state index < -0.39 is 5.97 Å². The number of hydrogen-bond donors (Lipinski definition) is 1. The zero-order valence-corrected chi connectivity index (χ0v) is 14.3. The molecule has 1 N–H and O–H groups in total. The lowest BCUT2D eigenvalue weighted by atomic mass is 9.87. The minimum Gasteiger partial charge on any atom is -0.497 e. The predicted molar refractivity (Wildman–Crippen MR) is 92.5 cm³/mol. The largest absolute Gasteiger partial charge is 0.497 e. The molecular weight excluding hydrogens is 306 g/mol. The van der Waals surface area contributed by atoms with Gasteiger partial charge < -0.3 is 14.8 Å². The van der Waals surface area contributed by atoms with Gasteiger partial charge in [-0.15, -0.1) is 0 Å². The van der Waals surface area contributed by atoms with E-state index in [-0.39, 0.29) is 18.6 Å². The number of amides is 1. The highest BCUT2D eigenvalue weighted by Crippen LogP contribution is 2.23. The van der Waals surface area contributed by atoms with Crippen LogP contribution < -0.4 is 10.1 Å². The SMILES string of the molecule is COc1ccc(/C=C/C(=O)OCC(=O)NC2CCC(C)CC2)cc1. The third-order valence-electron chi connectivity index (χ3n) is 4.25. The second-order valence-electron chi connectivity index (χ2n) is 6.24. The van der Waals surface area contributed by atoms with Gasteiger partial charge in [-0.3, -0.25) is 4.79 Å². The molecule has 1 amide bonds. The third kappa shape index (κ3) is 6.07. The number of methoxy groups -OCH3 is 1. The summed E-state index contributed by atoms with van der Waals surface area (Å²) in [5.74, 6) is 0.724. The molecule has 1 aliphatic rings. The van der Waals surface area contributed by atoms with Gasteiger partial charge in [-0.2, -0.15) is 0 Å². The lowest BCUT2D eigenvalue weighted by Crippen LogP contribution is -2.39. The minimum atomic E-state index is -0.529. The molecule has 0 aromatic heterocycles. The molecule has 0 bridgehead atoms. The topological polar surface area (TPSA) is 64.6 Å². The van der Waals surface area contributed by atoms with Gasteiger partial charge >= 0.3 is 5.97 Å². The van der Waals surface area contributed by atoms with Gasteiger partial charge in [0.1, 0.15) is 5.75 Å². The standard InChI is InChI=1S/C19H25NO4/c1-14-3-8-16(9-4-14)20-18(21)13-24-19(22)12-7-15-5-10-17(23-2)11-6-15/h5-7,10-12,14,16H,3-4,8-9,13H2,1-2H3,(H,20,21)/b12-7+. The van der Waals surface area contributed by atoms with E-state index in [0.29, 0.717) is 0 Å². The molecule has 0 saturated heterocycles. The average Bonchev–Trinajstić information content (AvgIpc) is 2.60. The molecule has 0 radical (unpaired) electrons. The molecule has 1 aromatic rings. The van der Waals surface area contributed by atoms with E-state index in [4.69, 9.17) is 9.47 Å². The van der Waals surface area contributed by atoms with Crippen LogP contribution in [0.25, 0.3) is 6.08 Å². The van der Waals surface area contributed by atoms with Gasteiger partial charge in [0.25, 0.3) is 5.91 Å². The van der Waals surface area contributed by atoms with Crippen molar-refractivity contribution in [3.05, 3.63) is 35.9 Å². The van der Waals surface area contributed by atoms with E-state index in [1.54, 1.807) is 13.2 Å². The van der Waals surface area contributed by atoms with Gasteiger partial charge in [-0.1, -0.05) is 19.1 Å². The fraction of sp³-hybridized carbons (Fsp3) is 0.474. The Hall–Kier alpha value is -2.30. The van der Waals surface area contributed by atoms with Crippen molar-refractivity contribution in [3.8, 4) is 5.75 Å². The number of carbonyl (C=O) groups excluding carboxylic acids is 2. The quantitative estimate of drug-likeness (QED) is 0.643. The van der Waals surface area contributed by atoms with Crippen LogP contribution in [0.2, 0.25) is 0 Å². The molecular formula is C19H25NO4. The van der Waals surface area contributed by atoms with Crippen LogP contribution in [0.5, 0.6) is 5.75 Å². The number of nitrogens with one attached hydrogen (secondary N) is 1. The Morgan fingerprint density at radius 1 is 1.17 bits per heavy atom. The number of ether oxygens (including phenoxy) is 2. The van der Waals surface area contributed by atoms with E-state index in [9.17, 15) is 9.59 Å². The monoisotopic (exact) mass is 331 g/mol. The fourth-order valence-corrected chi connectivity index (χ4v) is 2.74. The van der Waals surface area contributed by atoms with Crippen LogP contribution in [0, 0.1) is 5.92 Å². The molecule has 0 heterocycles. The molecule has 1 aliphatic carbocycles. The first-order chi connectivity index (χ1) is 11.6. The molecule has 2 rings (SSSR count). The molecule has 0 unspecified atom stereocenters. The van der Waals surface area contributed by atoms with E-state index >= 15 is 0 Å². The maximum absolute atomic E-state index is 11.8. The maximum atomic E-state index is 11.8. The van der Waals surface area contributed by atoms with Crippen molar-refractivity contribution in [2.45, 2.75) is 38.6 Å². The zero-order valence-electron chi connectivity index (χ0n) is 14.3. The molecule has 130 valence electrons. The summed E-state index contributed by atoms with van der Waals surface area (Å²) in [6.45, 7) is 1.99. The van der Waals surface area contributed by atoms with E-state index in [1.807, 2.05) is 24.3 Å². The smallest absolute Gasteiger partial charge is 0.331 e. The van der Waals surface area contributed by atoms with Gasteiger partial charge in [-0.25, -0.2) is 4.79 Å². The molecule has 5 nitrogen and oxygen atoms in total. The summed E-state index contributed by atoms with van der Waals surface area (Å²) >= 11 is 0. The first kappa shape index (κ1) is 18.0. The second kappa shape index (κ2) is 9.11. The molecule has 1 fully saturated rings. The van der Waals surface area contributed by atoms with Crippen molar-refractivity contribution in [1.82, 2.24) is 5.32 Å². The normalized spacial score (nSPS) is 20.6. The molecule has 5 heteroatoms. The predicted octanol–water partition coefficient (Wildman–Crippen LogP) is 2.95. The fourth-order valence-electron chi connectivity index (χ4n) is 2.74. The van der Waals surface area contributed by atoms with Crippen molar-refractivity contribution in [1.29, 1.82) is 0 Å². The average molecular weight is 331 g/mol. The summed E-state index contributed by atoms with van der Waals surface area (Å²) in [5, 5.41) is 2.93. The Bertz CT molecular complexity index is 572. The first-order valence-electron chi connectivity index (χ1n) is 8.35. The summed E-state index contributed by atoms with van der Waals surface area (Å²) < 4.78 is 10.0. The van der Waals surface area contributed by atoms with E-state index in [2.05, 4.69) is 12.2 Å². The molecule has 1 aromatic carbocycles. The summed E-state index contributed by atoms with van der Waals surface area (Å²) in [6, 6.07) is 7.49. The van der Waals surface area contributed by atoms with Crippen molar-refractivity contribution in [2.75, 3.05) is 13.7 Å². The highest BCUT2D eigenvalue weighted by Gasteiger charge is 2.19. The van der Waals surface area contributed by atoms with Crippen LogP contribution in [0.4, 0.5) is 0 Å². The summed E-state index contributed by atoms with van der Waals surface area (Å²) in [6.07, 6.45) is 7.22. The lowest BCUT2D eigenvalue weighted by molar-refractivity contribution is -0.144. The summed E-state index contributed by atoms with van der Waals surface area (Å²) in [5.41, 5.74) is 0.855. The highest BCUT2D eigenvalue weighted by atomic mass is 16.5. The highest BCUT2D eigenvalue weighted by molar-refractivity contribution is 5.89. The Morgan fingerprint density at radius 3 is 2.46 bits per heavy atom. The number of carbonyl (C=O) groups is 2. The second-order valence-corrected chi connectivity index (χ2v) is 6.24. The molecule has 0 aliphatic heterocycles. The summed E-state index contributed by atoms with van der Waals surface area (Å²) in [4.78, 5) is 23.5. The Balaban J connectivity index is 1.69. The van der Waals surface area contributed by atoms with Gasteiger partial charge in [0.2, 0.25) is 0 Å². The van der Waals surface area contributed by atoms with E-state index in [1.165, 1.54) is 6.08 Å². The zero-order chi connectivity index (χ0) is 17.4. The number of hydrogen-bond acceptors (Lipinski definition) is 4. The van der Waals surface area contributed by atoms with Crippen LogP contribution in [-0.2, 0) is 14.3 Å². The van der Waals surface area contributed by atoms with Gasteiger partial charge in [0.15, 0.2) is 6.61 Å². The van der Waals surface area contributed by atoms with Crippen molar-refractivity contribution in [2.24, 2.45) is 5.92 Å². The van der Waals surface area contributed by atoms with Crippen molar-refractivity contribution in [3.63, 3.8) is 0 Å². The van der Waals surface area contributed by atoms with Gasteiger partial charge in [-0.05, 0) is 55.4 Å². The van der Waals surface area contributed by atoms with Crippen molar-refractivity contribution < 1.29 is 19.1 Å². The number of benzene rings is 1. The van der Waals surface area contributed by atoms with Crippen LogP contribution in [0.3, 0.4) is 0 Å². The van der Waals surface area contributed by atoms with Crippen LogP contribution in [0.1, 0.15) is 38.2 Å². The van der Waals surface area contributed by atoms with Gasteiger partial charge in [0, 0.05) is 12.1 Å². The Labute approximate surface area is 143 Å². The van der Waals surface area contributed by atoms with Crippen LogP contribution >= 0.6 is 0 Å². The van der Waals surface area contributed by atoms with Crippen LogP contribution in [0.15, 0.2) is 30.3 Å². The Morgan fingerprint density at radius 2 is 1.83 bits per heavy atom. The third-order valence-corrected chi connectivity index (χ3v) is 4.25. The first-order valence-corrected chi connectivity index (χ1v) is 8.35. The molecule has 24 heavy (non-hydrogen) atoms. The Kier molecular flexibility index (Phi) is 6.85. The van der Waals surface area contributed by atoms with Crippen LogP contribution in [-0.4, -0.2) is 31.6 Å². The molecule has 0 spiro atoms. The summed E-state index contributed by atoms with van der Waals surface area (Å²) in [7, 11) is 1.60. The number of rotatable bonds is 6. The van der Waals surface area contributed by atoms with Gasteiger partial charge in [0.05, 0.1) is 7.11 Å². The maximum Gasteiger partial charge on any atom is 0.331 e.